The molecular formula is C14H29NO3. The normalized spacial score (nSPS) is 14.6. The fraction of sp³-hybridized carbons (Fsp3) is 0.929. The van der Waals surface area contributed by atoms with Crippen molar-refractivity contribution in [3.05, 3.63) is 0 Å². The van der Waals surface area contributed by atoms with Gasteiger partial charge in [-0.05, 0) is 18.8 Å². The predicted octanol–water partition coefficient (Wildman–Crippen LogP) is 2.23. The molecule has 0 rings (SSSR count). The first-order chi connectivity index (χ1) is 8.47. The summed E-state index contributed by atoms with van der Waals surface area (Å²) in [4.78, 5) is 11.4. The molecule has 0 aliphatic heterocycles. The molecule has 0 spiro atoms. The number of nitrogens with two attached hydrogens (primary N) is 1. The third kappa shape index (κ3) is 9.42. The zero-order valence-corrected chi connectivity index (χ0v) is 12.0. The molecule has 4 nitrogen and oxygen atoms in total. The standard InChI is InChI=1S/C14H29NO3/c1-4-5-6-7-8-18-14(17)10-13(16)12(15)9-11(2)3/h11-13,16H,4-10,15H2,1-3H3/t12-,13-/m0/s1. The molecule has 0 saturated carbocycles. The summed E-state index contributed by atoms with van der Waals surface area (Å²) in [7, 11) is 0. The highest BCUT2D eigenvalue weighted by molar-refractivity contribution is 5.70. The number of unbranched alkanes of at least 4 members (excludes halogenated alkanes) is 3. The zero-order valence-electron chi connectivity index (χ0n) is 12.0. The van der Waals surface area contributed by atoms with Gasteiger partial charge in [-0.25, -0.2) is 0 Å². The van der Waals surface area contributed by atoms with Gasteiger partial charge in [-0.1, -0.05) is 40.0 Å². The van der Waals surface area contributed by atoms with E-state index in [1.165, 1.54) is 6.42 Å². The number of rotatable bonds is 10. The van der Waals surface area contributed by atoms with Gasteiger partial charge in [-0.15, -0.1) is 0 Å². The molecule has 108 valence electrons. The fourth-order valence-corrected chi connectivity index (χ4v) is 1.80. The van der Waals surface area contributed by atoms with Crippen LogP contribution in [0.15, 0.2) is 0 Å². The van der Waals surface area contributed by atoms with Crippen LogP contribution in [0.2, 0.25) is 0 Å². The fourth-order valence-electron chi connectivity index (χ4n) is 1.80. The molecule has 0 radical (unpaired) electrons. The molecule has 0 aliphatic rings. The first-order valence-corrected chi connectivity index (χ1v) is 7.06. The summed E-state index contributed by atoms with van der Waals surface area (Å²) in [6, 6.07) is -0.349. The van der Waals surface area contributed by atoms with E-state index in [9.17, 15) is 9.90 Å². The Balaban J connectivity index is 3.66. The average Bonchev–Trinajstić information content (AvgIpc) is 2.27. The van der Waals surface area contributed by atoms with E-state index in [0.717, 1.165) is 19.3 Å². The van der Waals surface area contributed by atoms with Gasteiger partial charge >= 0.3 is 5.97 Å². The van der Waals surface area contributed by atoms with Crippen molar-refractivity contribution in [3.63, 3.8) is 0 Å². The smallest absolute Gasteiger partial charge is 0.308 e. The summed E-state index contributed by atoms with van der Waals surface area (Å²) in [6.45, 7) is 6.67. The Morgan fingerprint density at radius 1 is 1.28 bits per heavy atom. The van der Waals surface area contributed by atoms with Crippen LogP contribution in [0, 0.1) is 5.92 Å². The molecule has 0 aromatic rings. The predicted molar refractivity (Wildman–Crippen MR) is 73.2 cm³/mol. The van der Waals surface area contributed by atoms with Gasteiger partial charge in [0.1, 0.15) is 0 Å². The zero-order chi connectivity index (χ0) is 14.0. The molecule has 4 heteroatoms. The quantitative estimate of drug-likeness (QED) is 0.466. The molecule has 3 N–H and O–H groups in total. The molecule has 0 saturated heterocycles. The van der Waals surface area contributed by atoms with Gasteiger partial charge in [0.05, 0.1) is 19.1 Å². The van der Waals surface area contributed by atoms with Gasteiger partial charge in [0, 0.05) is 6.04 Å². The number of aliphatic hydroxyl groups is 1. The third-order valence-corrected chi connectivity index (χ3v) is 2.87. The SMILES string of the molecule is CCCCCCOC(=O)C[C@H](O)[C@@H](N)CC(C)C. The molecule has 0 fully saturated rings. The second kappa shape index (κ2) is 10.3. The number of ether oxygens (including phenoxy) is 1. The highest BCUT2D eigenvalue weighted by Gasteiger charge is 2.20. The molecule has 0 bridgehead atoms. The highest BCUT2D eigenvalue weighted by Crippen LogP contribution is 2.09. The minimum atomic E-state index is -0.796. The second-order valence-corrected chi connectivity index (χ2v) is 5.35. The van der Waals surface area contributed by atoms with Crippen LogP contribution in [0.1, 0.15) is 59.3 Å². The molecule has 0 unspecified atom stereocenters. The Bertz CT molecular complexity index is 219. The lowest BCUT2D eigenvalue weighted by atomic mass is 9.98. The first kappa shape index (κ1) is 17.4. The van der Waals surface area contributed by atoms with Gasteiger partial charge in [-0.3, -0.25) is 4.79 Å². The van der Waals surface area contributed by atoms with Crippen LogP contribution in [0.4, 0.5) is 0 Å². The van der Waals surface area contributed by atoms with Crippen LogP contribution in [-0.2, 0) is 9.53 Å². The van der Waals surface area contributed by atoms with Crippen molar-refractivity contribution in [2.24, 2.45) is 11.7 Å². The number of esters is 1. The monoisotopic (exact) mass is 259 g/mol. The maximum absolute atomic E-state index is 11.4. The third-order valence-electron chi connectivity index (χ3n) is 2.87. The second-order valence-electron chi connectivity index (χ2n) is 5.35. The number of carbonyl (C=O) groups excluding carboxylic acids is 1. The molecular weight excluding hydrogens is 230 g/mol. The van der Waals surface area contributed by atoms with E-state index < -0.39 is 6.10 Å². The Kier molecular flexibility index (Phi) is 9.98. The molecule has 2 atom stereocenters. The van der Waals surface area contributed by atoms with Gasteiger partial charge in [-0.2, -0.15) is 0 Å². The minimum Gasteiger partial charge on any atom is -0.466 e. The van der Waals surface area contributed by atoms with Crippen molar-refractivity contribution in [1.29, 1.82) is 0 Å². The molecule has 18 heavy (non-hydrogen) atoms. The van der Waals surface area contributed by atoms with Gasteiger partial charge in [0.2, 0.25) is 0 Å². The lowest BCUT2D eigenvalue weighted by molar-refractivity contribution is -0.146. The van der Waals surface area contributed by atoms with E-state index in [2.05, 4.69) is 6.92 Å². The van der Waals surface area contributed by atoms with Crippen LogP contribution in [-0.4, -0.2) is 29.8 Å². The number of carbonyl (C=O) groups is 1. The van der Waals surface area contributed by atoms with Crippen LogP contribution in [0.25, 0.3) is 0 Å². The Hall–Kier alpha value is -0.610. The maximum atomic E-state index is 11.4. The summed E-state index contributed by atoms with van der Waals surface area (Å²) < 4.78 is 5.06. The Morgan fingerprint density at radius 2 is 1.94 bits per heavy atom. The van der Waals surface area contributed by atoms with E-state index in [1.54, 1.807) is 0 Å². The van der Waals surface area contributed by atoms with Crippen molar-refractivity contribution in [2.75, 3.05) is 6.61 Å². The van der Waals surface area contributed by atoms with E-state index in [0.29, 0.717) is 18.9 Å². The Morgan fingerprint density at radius 3 is 2.50 bits per heavy atom. The first-order valence-electron chi connectivity index (χ1n) is 7.06. The van der Waals surface area contributed by atoms with Crippen molar-refractivity contribution in [3.8, 4) is 0 Å². The molecule has 0 amide bonds. The van der Waals surface area contributed by atoms with Crippen molar-refractivity contribution >= 4 is 5.97 Å². The molecule has 0 aromatic heterocycles. The summed E-state index contributed by atoms with van der Waals surface area (Å²) >= 11 is 0. The van der Waals surface area contributed by atoms with Gasteiger partial charge < -0.3 is 15.6 Å². The van der Waals surface area contributed by atoms with Crippen LogP contribution >= 0.6 is 0 Å². The summed E-state index contributed by atoms with van der Waals surface area (Å²) in [6.07, 6.45) is 4.23. The number of hydrogen-bond acceptors (Lipinski definition) is 4. The minimum absolute atomic E-state index is 0.00165. The van der Waals surface area contributed by atoms with Crippen LogP contribution < -0.4 is 5.73 Å². The molecule has 0 heterocycles. The van der Waals surface area contributed by atoms with E-state index in [1.807, 2.05) is 13.8 Å². The Labute approximate surface area is 111 Å². The van der Waals surface area contributed by atoms with Crippen molar-refractivity contribution in [1.82, 2.24) is 0 Å². The molecule has 0 aliphatic carbocycles. The number of aliphatic hydroxyl groups excluding tert-OH is 1. The van der Waals surface area contributed by atoms with E-state index >= 15 is 0 Å². The van der Waals surface area contributed by atoms with Crippen LogP contribution in [0.3, 0.4) is 0 Å². The van der Waals surface area contributed by atoms with Gasteiger partial charge in [0.25, 0.3) is 0 Å². The maximum Gasteiger partial charge on any atom is 0.308 e. The topological polar surface area (TPSA) is 72.5 Å². The lowest BCUT2D eigenvalue weighted by Gasteiger charge is -2.19. The summed E-state index contributed by atoms with van der Waals surface area (Å²) in [5.41, 5.74) is 5.80. The molecule has 0 aromatic carbocycles. The van der Waals surface area contributed by atoms with Crippen molar-refractivity contribution in [2.45, 2.75) is 71.4 Å². The van der Waals surface area contributed by atoms with E-state index in [4.69, 9.17) is 10.5 Å². The van der Waals surface area contributed by atoms with E-state index in [-0.39, 0.29) is 18.4 Å². The largest absolute Gasteiger partial charge is 0.466 e. The lowest BCUT2D eigenvalue weighted by Crippen LogP contribution is -2.37. The number of hydrogen-bond donors (Lipinski definition) is 2. The summed E-state index contributed by atoms with van der Waals surface area (Å²) in [5.74, 6) is 0.0675. The average molecular weight is 259 g/mol. The van der Waals surface area contributed by atoms with Crippen LogP contribution in [0.5, 0.6) is 0 Å². The van der Waals surface area contributed by atoms with Gasteiger partial charge in [0.15, 0.2) is 0 Å². The van der Waals surface area contributed by atoms with Crippen molar-refractivity contribution < 1.29 is 14.6 Å². The highest BCUT2D eigenvalue weighted by atomic mass is 16.5. The summed E-state index contributed by atoms with van der Waals surface area (Å²) in [5, 5.41) is 9.75.